The maximum atomic E-state index is 4.39. The third-order valence-electron chi connectivity index (χ3n) is 13.0. The van der Waals surface area contributed by atoms with Crippen LogP contribution in [0.5, 0.6) is 0 Å². The van der Waals surface area contributed by atoms with Crippen LogP contribution in [0, 0.1) is 0 Å². The molecule has 7 heteroatoms. The normalized spacial score (nSPS) is 12.5. The Balaban J connectivity index is 0.00000154. The van der Waals surface area contributed by atoms with Crippen LogP contribution in [0.4, 0.5) is 34.1 Å². The molecule has 366 valence electrons. The number of hydrogen-bond donors (Lipinski definition) is 0. The van der Waals surface area contributed by atoms with Crippen molar-refractivity contribution in [1.82, 2.24) is 0 Å². The van der Waals surface area contributed by atoms with Crippen molar-refractivity contribution in [1.29, 1.82) is 0 Å². The number of hydrogen-bond acceptors (Lipinski definition) is 4. The summed E-state index contributed by atoms with van der Waals surface area (Å²) in [6.45, 7) is 2.14. The lowest BCUT2D eigenvalue weighted by atomic mass is 9.92. The van der Waals surface area contributed by atoms with Crippen molar-refractivity contribution >= 4 is 115 Å². The van der Waals surface area contributed by atoms with Crippen molar-refractivity contribution in [3.05, 3.63) is 212 Å². The van der Waals surface area contributed by atoms with E-state index in [1.807, 2.05) is 23.1 Å². The fraction of sp³-hybridized carbons (Fsp3) is 0.154. The van der Waals surface area contributed by atoms with Gasteiger partial charge in [-0.2, -0.15) is 22.2 Å². The van der Waals surface area contributed by atoms with Gasteiger partial charge < -0.3 is 9.80 Å². The van der Waals surface area contributed by atoms with Gasteiger partial charge in [-0.15, -0.1) is 11.3 Å². The molecule has 0 fully saturated rings. The summed E-state index contributed by atoms with van der Waals surface area (Å²) in [5.41, 5.74) is 11.6. The van der Waals surface area contributed by atoms with E-state index in [4.69, 9.17) is 0 Å². The Morgan fingerprint density at radius 3 is 1.26 bits per heavy atom. The lowest BCUT2D eigenvalue weighted by Crippen LogP contribution is -2.15. The van der Waals surface area contributed by atoms with Gasteiger partial charge in [0.2, 0.25) is 0 Å². The lowest BCUT2D eigenvalue weighted by Gasteiger charge is -2.34. The molecule has 0 bridgehead atoms. The van der Waals surface area contributed by atoms with Gasteiger partial charge in [0, 0.05) is 58.9 Å². The summed E-state index contributed by atoms with van der Waals surface area (Å²) in [4.78, 5) is 11.5. The van der Waals surface area contributed by atoms with Crippen molar-refractivity contribution in [3.8, 4) is 32.0 Å². The number of thioether (sulfide) groups is 1. The molecule has 1 aromatic heterocycles. The third kappa shape index (κ3) is 11.0. The van der Waals surface area contributed by atoms with E-state index in [9.17, 15) is 0 Å². The Bertz CT molecular complexity index is 3440. The van der Waals surface area contributed by atoms with Crippen LogP contribution in [0.2, 0.25) is 0 Å². The summed E-state index contributed by atoms with van der Waals surface area (Å²) in [6, 6.07) is 79.1. The van der Waals surface area contributed by atoms with Crippen LogP contribution in [0.25, 0.3) is 53.6 Å². The highest BCUT2D eigenvalue weighted by Gasteiger charge is 2.26. The molecule has 1 unspecified atom stereocenters. The topological polar surface area (TPSA) is 6.48 Å². The highest BCUT2D eigenvalue weighted by atomic mass is 32.3. The Kier molecular flexibility index (Phi) is 15.6. The first kappa shape index (κ1) is 51.0. The van der Waals surface area contributed by atoms with Crippen molar-refractivity contribution in [2.45, 2.75) is 21.6 Å². The highest BCUT2D eigenvalue weighted by molar-refractivity contribution is 8.32. The molecular weight excluding hydrogens is 969 g/mol. The summed E-state index contributed by atoms with van der Waals surface area (Å²) in [5.74, 6) is 5.62. The fourth-order valence-electron chi connectivity index (χ4n) is 9.10. The van der Waals surface area contributed by atoms with Crippen LogP contribution in [-0.2, 0) is 0 Å². The minimum Gasteiger partial charge on any atom is -0.309 e. The Labute approximate surface area is 443 Å². The van der Waals surface area contributed by atoms with E-state index in [1.54, 1.807) is 0 Å². The average molecular weight is 1040 g/mol. The van der Waals surface area contributed by atoms with Crippen molar-refractivity contribution in [2.24, 2.45) is 0 Å². The minimum absolute atomic E-state index is 0.109. The predicted octanol–water partition coefficient (Wildman–Crippen LogP) is 20.2. The largest absolute Gasteiger partial charge is 0.309 e. The molecule has 9 aromatic carbocycles. The Hall–Kier alpha value is -5.93. The second kappa shape index (κ2) is 22.0. The van der Waals surface area contributed by atoms with Crippen molar-refractivity contribution < 1.29 is 0 Å². The lowest BCUT2D eigenvalue weighted by molar-refractivity contribution is 1.27. The second-order valence-corrected chi connectivity index (χ2v) is 31.8. The molecule has 0 saturated carbocycles. The molecule has 10 rings (SSSR count). The minimum atomic E-state index is -0.927. The van der Waals surface area contributed by atoms with E-state index in [1.165, 1.54) is 74.0 Å². The van der Waals surface area contributed by atoms with Gasteiger partial charge in [-0.05, 0) is 191 Å². The van der Waals surface area contributed by atoms with E-state index >= 15 is 0 Å². The van der Waals surface area contributed by atoms with Crippen LogP contribution in [0.15, 0.2) is 227 Å². The number of anilines is 6. The number of benzene rings is 9. The molecule has 1 atom stereocenters. The molecule has 0 saturated heterocycles. The Morgan fingerprint density at radius 2 is 0.806 bits per heavy atom. The van der Waals surface area contributed by atoms with Crippen LogP contribution in [-0.4, -0.2) is 61.7 Å². The van der Waals surface area contributed by atoms with Crippen LogP contribution in [0.1, 0.15) is 6.92 Å². The smallest absolute Gasteiger partial charge is 0.0620 e. The molecule has 2 nitrogen and oxygen atoms in total. The first-order valence-corrected chi connectivity index (χ1v) is 34.0. The summed E-state index contributed by atoms with van der Waals surface area (Å²) in [5, 5.41) is 4.70. The summed E-state index contributed by atoms with van der Waals surface area (Å²) < 4.78 is 0. The molecule has 0 amide bonds. The maximum Gasteiger partial charge on any atom is 0.0620 e. The second-order valence-electron chi connectivity index (χ2n) is 19.5. The monoisotopic (exact) mass is 1030 g/mol. The number of rotatable bonds is 13. The first-order valence-electron chi connectivity index (χ1n) is 24.2. The quantitative estimate of drug-likeness (QED) is 0.0646. The van der Waals surface area contributed by atoms with E-state index in [0.717, 1.165) is 34.1 Å². The molecule has 72 heavy (non-hydrogen) atoms. The standard InChI is InChI=1S/C62H58N2S4.C3H8S/c1-66(2)52-34-28-49(29-35-52)64(51-32-38-54(39-33-51)68(6,7)8)61-55-21-15-16-22-56(55)62(63(48-19-13-10-14-20-48)50-30-36-53(37-31-50)67(3,4)5)58-43-47(27-40-57(58)61)44-23-25-46(26-24-44)60-42-41-59(65-60)45-17-11-9-12-18-45;1-3-4-2/h9-43H,1H2,2-8H3;3H2,1-2H3. The van der Waals surface area contributed by atoms with Gasteiger partial charge in [0.15, 0.2) is 0 Å². The molecule has 1 heterocycles. The van der Waals surface area contributed by atoms with Gasteiger partial charge in [-0.1, -0.05) is 122 Å². The van der Waals surface area contributed by atoms with Crippen LogP contribution >= 0.6 is 53.6 Å². The summed E-state index contributed by atoms with van der Waals surface area (Å²) in [7, 11) is -1.96. The average Bonchev–Trinajstić information content (AvgIpc) is 3.91. The number of thiophene rings is 1. The SMILES string of the molecule is C=S(C)c1ccc(N(c2ccc(S(C)(C)C)cc2)c2c3ccccc3c(N(c3ccccc3)c3ccc(S(C)(C)C)cc3)c3cc(-c4ccc(-c5ccc(-c6ccccc6)s5)cc4)ccc23)cc1.CCSC. The zero-order chi connectivity index (χ0) is 50.6. The number of nitrogens with zero attached hydrogens (tertiary/aromatic N) is 2. The van der Waals surface area contributed by atoms with Gasteiger partial charge in [0.1, 0.15) is 0 Å². The van der Waals surface area contributed by atoms with Gasteiger partial charge in [0.25, 0.3) is 0 Å². The molecule has 0 aliphatic carbocycles. The molecule has 0 radical (unpaired) electrons. The zero-order valence-electron chi connectivity index (χ0n) is 43.1. The summed E-state index contributed by atoms with van der Waals surface area (Å²) in [6.07, 6.45) is 18.5. The zero-order valence-corrected chi connectivity index (χ0v) is 47.1. The maximum absolute atomic E-state index is 4.39. The first-order chi connectivity index (χ1) is 34.7. The van der Waals surface area contributed by atoms with Crippen molar-refractivity contribution in [2.75, 3.05) is 65.6 Å². The van der Waals surface area contributed by atoms with Crippen LogP contribution in [0.3, 0.4) is 0 Å². The van der Waals surface area contributed by atoms with E-state index in [0.29, 0.717) is 0 Å². The summed E-state index contributed by atoms with van der Waals surface area (Å²) >= 11 is 3.70. The molecule has 0 N–H and O–H groups in total. The third-order valence-corrected chi connectivity index (χ3v) is 19.2. The van der Waals surface area contributed by atoms with Gasteiger partial charge in [0.05, 0.1) is 11.4 Å². The fourth-order valence-corrected chi connectivity index (χ4v) is 12.6. The molecule has 0 aliphatic heterocycles. The van der Waals surface area contributed by atoms with Gasteiger partial charge in [-0.25, -0.2) is 20.1 Å². The molecule has 0 spiro atoms. The van der Waals surface area contributed by atoms with Gasteiger partial charge >= 0.3 is 0 Å². The Morgan fingerprint density at radius 1 is 0.431 bits per heavy atom. The van der Waals surface area contributed by atoms with Gasteiger partial charge in [-0.3, -0.25) is 0 Å². The van der Waals surface area contributed by atoms with Crippen LogP contribution < -0.4 is 9.80 Å². The van der Waals surface area contributed by atoms with E-state index in [2.05, 4.69) is 285 Å². The number of para-hydroxylation sites is 1. The molecule has 0 aliphatic rings. The molecule has 10 aromatic rings. The van der Waals surface area contributed by atoms with Crippen molar-refractivity contribution in [3.63, 3.8) is 0 Å². The number of fused-ring (bicyclic) bond motifs is 2. The molecular formula is C65H66N2S5. The van der Waals surface area contributed by atoms with E-state index < -0.39 is 20.1 Å². The predicted molar refractivity (Wildman–Crippen MR) is 335 cm³/mol. The highest BCUT2D eigenvalue weighted by Crippen LogP contribution is 2.54. The van der Waals surface area contributed by atoms with E-state index in [-0.39, 0.29) is 10.5 Å².